The van der Waals surface area contributed by atoms with E-state index in [1.165, 1.54) is 0 Å². The van der Waals surface area contributed by atoms with Gasteiger partial charge in [0.1, 0.15) is 0 Å². The van der Waals surface area contributed by atoms with E-state index in [0.717, 1.165) is 12.0 Å². The molecule has 3 heteroatoms. The van der Waals surface area contributed by atoms with Crippen molar-refractivity contribution in [2.75, 3.05) is 6.61 Å². The number of ether oxygens (including phenoxy) is 1. The van der Waals surface area contributed by atoms with Gasteiger partial charge in [-0.05, 0) is 12.5 Å². The Labute approximate surface area is 117 Å². The molecule has 2 atom stereocenters. The first kappa shape index (κ1) is 16.7. The van der Waals surface area contributed by atoms with Crippen LogP contribution in [-0.2, 0) is 10.5 Å². The maximum absolute atomic E-state index is 10.5. The Hall–Kier alpha value is -0.263. The van der Waals surface area contributed by atoms with Gasteiger partial charge in [-0.3, -0.25) is 6.42 Å². The predicted octanol–water partition coefficient (Wildman–Crippen LogP) is 0.123. The smallest absolute Gasteiger partial charge is 0.391 e. The van der Waals surface area contributed by atoms with Crippen molar-refractivity contribution in [2.24, 2.45) is 5.92 Å². The zero-order chi connectivity index (χ0) is 12.0. The maximum Gasteiger partial charge on any atom is 1.00 e. The van der Waals surface area contributed by atoms with Gasteiger partial charge in [0.2, 0.25) is 0 Å². The first-order valence-electron chi connectivity index (χ1n) is 5.90. The third-order valence-corrected chi connectivity index (χ3v) is 2.71. The van der Waals surface area contributed by atoms with Crippen LogP contribution < -0.4 is 18.9 Å². The molecule has 0 fully saturated rings. The molecule has 0 bridgehead atoms. The van der Waals surface area contributed by atoms with E-state index < -0.39 is 5.79 Å². The third kappa shape index (κ3) is 4.85. The number of hydrogen-bond acceptors (Lipinski definition) is 2. The fourth-order valence-corrected chi connectivity index (χ4v) is 1.63. The average Bonchev–Trinajstić information content (AvgIpc) is 2.30. The molecule has 17 heavy (non-hydrogen) atoms. The van der Waals surface area contributed by atoms with E-state index in [9.17, 15) is 5.11 Å². The van der Waals surface area contributed by atoms with Crippen LogP contribution in [0.4, 0.5) is 0 Å². The van der Waals surface area contributed by atoms with Crippen LogP contribution in [0.2, 0.25) is 0 Å². The van der Waals surface area contributed by atoms with Crippen LogP contribution in [0.15, 0.2) is 30.3 Å². The quantitative estimate of drug-likeness (QED) is 0.426. The van der Waals surface area contributed by atoms with Gasteiger partial charge in [0.15, 0.2) is 0 Å². The molecule has 0 saturated carbocycles. The first-order chi connectivity index (χ1) is 7.62. The summed E-state index contributed by atoms with van der Waals surface area (Å²) < 4.78 is 5.49. The molecule has 1 N–H and O–H groups in total. The molecule has 0 heterocycles. The van der Waals surface area contributed by atoms with Crippen molar-refractivity contribution < 1.29 is 28.7 Å². The first-order valence-corrected chi connectivity index (χ1v) is 5.90. The fraction of sp³-hybridized carbons (Fsp3) is 0.500. The molecule has 0 aliphatic heterocycles. The summed E-state index contributed by atoms with van der Waals surface area (Å²) in [5.74, 6) is -0.942. The van der Waals surface area contributed by atoms with Gasteiger partial charge in [0.25, 0.3) is 0 Å². The Bertz CT molecular complexity index is 302. The molecule has 0 amide bonds. The summed E-state index contributed by atoms with van der Waals surface area (Å²) in [5.41, 5.74) is 0.789. The number of hydrogen-bond donors (Lipinski definition) is 1. The molecule has 0 aliphatic rings. The van der Waals surface area contributed by atoms with Crippen molar-refractivity contribution in [2.45, 2.75) is 33.0 Å². The molecule has 1 aromatic rings. The van der Waals surface area contributed by atoms with Crippen molar-refractivity contribution in [1.29, 1.82) is 0 Å². The maximum atomic E-state index is 10.5. The second-order valence-corrected chi connectivity index (χ2v) is 4.05. The van der Waals surface area contributed by atoms with E-state index in [2.05, 4.69) is 13.8 Å². The number of aliphatic hydroxyl groups is 1. The fourth-order valence-electron chi connectivity index (χ4n) is 1.63. The molecule has 1 aromatic carbocycles. The molecule has 90 valence electrons. The number of benzene rings is 1. The van der Waals surface area contributed by atoms with Crippen LogP contribution in [0.25, 0.3) is 0 Å². The molecule has 0 aliphatic carbocycles. The van der Waals surface area contributed by atoms with Gasteiger partial charge < -0.3 is 9.84 Å². The van der Waals surface area contributed by atoms with Crippen LogP contribution in [0.5, 0.6) is 0 Å². The minimum Gasteiger partial charge on any atom is -0.391 e. The summed E-state index contributed by atoms with van der Waals surface area (Å²) in [4.78, 5) is 0. The number of rotatable bonds is 6. The van der Waals surface area contributed by atoms with E-state index >= 15 is 0 Å². The summed E-state index contributed by atoms with van der Waals surface area (Å²) in [6.07, 6.45) is 2.86. The van der Waals surface area contributed by atoms with Gasteiger partial charge in [-0.25, -0.2) is 0 Å². The minimum absolute atomic E-state index is 0. The van der Waals surface area contributed by atoms with Gasteiger partial charge >= 0.3 is 18.9 Å². The Morgan fingerprint density at radius 1 is 1.29 bits per heavy atom. The molecule has 2 unspecified atom stereocenters. The van der Waals surface area contributed by atoms with E-state index in [1.807, 2.05) is 43.7 Å². The largest absolute Gasteiger partial charge is 1.00 e. The second-order valence-electron chi connectivity index (χ2n) is 4.05. The zero-order valence-electron chi connectivity index (χ0n) is 11.3. The summed E-state index contributed by atoms with van der Waals surface area (Å²) in [6, 6.07) is 9.51. The Balaban J connectivity index is 0.00000256. The molecule has 0 radical (unpaired) electrons. The topological polar surface area (TPSA) is 29.5 Å². The summed E-state index contributed by atoms with van der Waals surface area (Å²) in [5, 5.41) is 10.5. The van der Waals surface area contributed by atoms with Crippen molar-refractivity contribution in [1.82, 2.24) is 0 Å². The van der Waals surface area contributed by atoms with Gasteiger partial charge in [-0.1, -0.05) is 50.6 Å². The van der Waals surface area contributed by atoms with Crippen LogP contribution in [0.1, 0.15) is 32.8 Å². The van der Waals surface area contributed by atoms with Gasteiger partial charge in [0.05, 0.1) is 5.79 Å². The molecule has 0 aromatic heterocycles. The third-order valence-electron chi connectivity index (χ3n) is 2.71. The van der Waals surface area contributed by atoms with Crippen molar-refractivity contribution >= 4 is 0 Å². The molecular formula is C14H21LiO2. The average molecular weight is 228 g/mol. The molecule has 0 spiro atoms. The molecular weight excluding hydrogens is 207 g/mol. The Morgan fingerprint density at radius 3 is 2.35 bits per heavy atom. The van der Waals surface area contributed by atoms with Crippen LogP contribution >= 0.6 is 0 Å². The van der Waals surface area contributed by atoms with Gasteiger partial charge in [-0.15, -0.1) is 0 Å². The predicted molar refractivity (Wildman–Crippen MR) is 65.7 cm³/mol. The Kier molecular flexibility index (Phi) is 7.83. The van der Waals surface area contributed by atoms with Crippen LogP contribution in [0.3, 0.4) is 0 Å². The molecule has 2 nitrogen and oxygen atoms in total. The SMILES string of the molecule is CCOC(O)([CH-]C(C)CC)c1ccccc1.[Li+]. The van der Waals surface area contributed by atoms with E-state index in [0.29, 0.717) is 12.5 Å². The second kappa shape index (κ2) is 7.95. The zero-order valence-corrected chi connectivity index (χ0v) is 11.3. The molecule has 1 rings (SSSR count). The van der Waals surface area contributed by atoms with Crippen molar-refractivity contribution in [3.63, 3.8) is 0 Å². The van der Waals surface area contributed by atoms with E-state index in [-0.39, 0.29) is 18.9 Å². The Morgan fingerprint density at radius 2 is 1.88 bits per heavy atom. The molecule has 0 saturated heterocycles. The monoisotopic (exact) mass is 228 g/mol. The minimum atomic E-state index is -1.26. The van der Waals surface area contributed by atoms with E-state index in [1.54, 1.807) is 0 Å². The van der Waals surface area contributed by atoms with Gasteiger partial charge in [0, 0.05) is 6.61 Å². The van der Waals surface area contributed by atoms with E-state index in [4.69, 9.17) is 4.74 Å². The normalized spacial score (nSPS) is 15.8. The standard InChI is InChI=1S/C14H21O2.Li/c1-4-12(3)11-14(15,16-5-2)13-9-7-6-8-10-13;/h6-12,15H,4-5H2,1-3H3;/q-1;+1. The summed E-state index contributed by atoms with van der Waals surface area (Å²) >= 11 is 0. The van der Waals surface area contributed by atoms with Gasteiger partial charge in [-0.2, -0.15) is 5.92 Å². The van der Waals surface area contributed by atoms with Crippen molar-refractivity contribution in [3.05, 3.63) is 42.3 Å². The summed E-state index contributed by atoms with van der Waals surface area (Å²) in [6.45, 7) is 6.54. The van der Waals surface area contributed by atoms with Crippen LogP contribution in [0, 0.1) is 12.3 Å². The summed E-state index contributed by atoms with van der Waals surface area (Å²) in [7, 11) is 0. The van der Waals surface area contributed by atoms with Crippen LogP contribution in [-0.4, -0.2) is 11.7 Å². The van der Waals surface area contributed by atoms with Crippen molar-refractivity contribution in [3.8, 4) is 0 Å².